The molecule has 0 bridgehead atoms. The molecule has 0 aliphatic carbocycles. The fraction of sp³-hybridized carbons (Fsp3) is 0.600. The zero-order valence-electron chi connectivity index (χ0n) is 9.06. The van der Waals surface area contributed by atoms with Gasteiger partial charge in [0, 0.05) is 23.3 Å². The van der Waals surface area contributed by atoms with E-state index in [9.17, 15) is 9.59 Å². The third-order valence-electron chi connectivity index (χ3n) is 1.83. The van der Waals surface area contributed by atoms with Crippen LogP contribution in [0.15, 0.2) is 12.7 Å². The van der Waals surface area contributed by atoms with Crippen LogP contribution in [0.4, 0.5) is 0 Å². The van der Waals surface area contributed by atoms with Crippen molar-refractivity contribution in [2.75, 3.05) is 23.9 Å². The average Bonchev–Trinajstić information content (AvgIpc) is 2.26. The van der Waals surface area contributed by atoms with Crippen molar-refractivity contribution in [1.29, 1.82) is 0 Å². The molecule has 0 aromatic heterocycles. The van der Waals surface area contributed by atoms with Crippen LogP contribution in [-0.4, -0.2) is 40.7 Å². The van der Waals surface area contributed by atoms with Gasteiger partial charge in [-0.05, 0) is 6.92 Å². The predicted molar refractivity (Wildman–Crippen MR) is 65.4 cm³/mol. The van der Waals surface area contributed by atoms with Crippen LogP contribution >= 0.6 is 23.5 Å². The highest BCUT2D eigenvalue weighted by atomic mass is 32.2. The van der Waals surface area contributed by atoms with Crippen molar-refractivity contribution in [3.05, 3.63) is 12.7 Å². The van der Waals surface area contributed by atoms with Crippen molar-refractivity contribution in [3.8, 4) is 0 Å². The van der Waals surface area contributed by atoms with Crippen molar-refractivity contribution in [2.45, 2.75) is 11.9 Å². The smallest absolute Gasteiger partial charge is 0.345 e. The van der Waals surface area contributed by atoms with Crippen molar-refractivity contribution in [1.82, 2.24) is 0 Å². The number of ether oxygens (including phenoxy) is 2. The van der Waals surface area contributed by atoms with Gasteiger partial charge < -0.3 is 9.47 Å². The second-order valence-corrected chi connectivity index (χ2v) is 5.99. The Morgan fingerprint density at radius 3 is 2.81 bits per heavy atom. The predicted octanol–water partition coefficient (Wildman–Crippen LogP) is 1.45. The van der Waals surface area contributed by atoms with Crippen LogP contribution in [0.3, 0.4) is 0 Å². The zero-order chi connectivity index (χ0) is 12.0. The summed E-state index contributed by atoms with van der Waals surface area (Å²) in [6.45, 7) is 4.75. The van der Waals surface area contributed by atoms with E-state index >= 15 is 0 Å². The molecule has 0 amide bonds. The van der Waals surface area contributed by atoms with Gasteiger partial charge in [0.25, 0.3) is 0 Å². The molecule has 0 aromatic carbocycles. The van der Waals surface area contributed by atoms with E-state index < -0.39 is 16.9 Å². The summed E-state index contributed by atoms with van der Waals surface area (Å²) in [5.41, 5.74) is 0. The zero-order valence-corrected chi connectivity index (χ0v) is 10.7. The van der Waals surface area contributed by atoms with Gasteiger partial charge in [-0.2, -0.15) is 11.8 Å². The maximum absolute atomic E-state index is 11.4. The van der Waals surface area contributed by atoms with Gasteiger partial charge in [0.15, 0.2) is 11.5 Å². The van der Waals surface area contributed by atoms with Crippen molar-refractivity contribution in [2.24, 2.45) is 0 Å². The second-order valence-electron chi connectivity index (χ2n) is 3.32. The molecule has 1 saturated heterocycles. The lowest BCUT2D eigenvalue weighted by molar-refractivity contribution is -0.160. The van der Waals surface area contributed by atoms with Crippen LogP contribution in [0.25, 0.3) is 0 Å². The molecule has 1 fully saturated rings. The average molecular weight is 262 g/mol. The molecule has 4 nitrogen and oxygen atoms in total. The maximum atomic E-state index is 11.4. The summed E-state index contributed by atoms with van der Waals surface area (Å²) in [5.74, 6) is 1.66. The fourth-order valence-electron chi connectivity index (χ4n) is 1.13. The Labute approximate surface area is 103 Å². The van der Waals surface area contributed by atoms with E-state index in [1.807, 2.05) is 6.92 Å². The summed E-state index contributed by atoms with van der Waals surface area (Å²) >= 11 is 3.36. The number of hydrogen-bond acceptors (Lipinski definition) is 6. The molecule has 1 atom stereocenters. The highest BCUT2D eigenvalue weighted by Gasteiger charge is 2.32. The van der Waals surface area contributed by atoms with E-state index in [1.165, 1.54) is 0 Å². The van der Waals surface area contributed by atoms with Gasteiger partial charge in [0.05, 0.1) is 0 Å². The van der Waals surface area contributed by atoms with Crippen LogP contribution in [0, 0.1) is 0 Å². The second kappa shape index (κ2) is 6.20. The summed E-state index contributed by atoms with van der Waals surface area (Å²) < 4.78 is 9.86. The molecule has 1 rings (SSSR count). The fourth-order valence-corrected chi connectivity index (χ4v) is 3.68. The molecule has 90 valence electrons. The SMILES string of the molecule is C=CC(=O)OCC(=O)OC1(C)CSCCS1. The number of thioether (sulfide) groups is 2. The molecular formula is C10H14O4S2. The Hall–Kier alpha value is -0.620. The lowest BCUT2D eigenvalue weighted by Gasteiger charge is -2.31. The van der Waals surface area contributed by atoms with E-state index in [1.54, 1.807) is 23.5 Å². The normalized spacial score (nSPS) is 24.6. The molecule has 0 N–H and O–H groups in total. The number of carbonyl (C=O) groups is 2. The third kappa shape index (κ3) is 4.49. The molecule has 16 heavy (non-hydrogen) atoms. The summed E-state index contributed by atoms with van der Waals surface area (Å²) in [6.07, 6.45) is 1.01. The van der Waals surface area contributed by atoms with Crippen LogP contribution in [-0.2, 0) is 19.1 Å². The quantitative estimate of drug-likeness (QED) is 0.564. The number of esters is 2. The molecule has 0 aromatic rings. The minimum absolute atomic E-state index is 0.355. The van der Waals surface area contributed by atoms with Gasteiger partial charge in [-0.1, -0.05) is 6.58 Å². The maximum Gasteiger partial charge on any atom is 0.345 e. The molecule has 0 spiro atoms. The van der Waals surface area contributed by atoms with E-state index in [0.717, 1.165) is 23.3 Å². The van der Waals surface area contributed by atoms with Crippen LogP contribution < -0.4 is 0 Å². The molecule has 1 unspecified atom stereocenters. The topological polar surface area (TPSA) is 52.6 Å². The van der Waals surface area contributed by atoms with Crippen LogP contribution in [0.5, 0.6) is 0 Å². The van der Waals surface area contributed by atoms with Gasteiger partial charge >= 0.3 is 11.9 Å². The Kier molecular flexibility index (Phi) is 5.21. The lowest BCUT2D eigenvalue weighted by atomic mass is 10.4. The molecule has 0 saturated carbocycles. The Morgan fingerprint density at radius 2 is 2.25 bits per heavy atom. The summed E-state index contributed by atoms with van der Waals surface area (Å²) in [5, 5.41) is 0. The molecule has 1 heterocycles. The Balaban J connectivity index is 2.32. The Morgan fingerprint density at radius 1 is 1.50 bits per heavy atom. The number of carbonyl (C=O) groups excluding carboxylic acids is 2. The first kappa shape index (κ1) is 13.4. The van der Waals surface area contributed by atoms with Crippen LogP contribution in [0.1, 0.15) is 6.92 Å². The molecule has 0 radical (unpaired) electrons. The van der Waals surface area contributed by atoms with Crippen molar-refractivity contribution < 1.29 is 19.1 Å². The van der Waals surface area contributed by atoms with E-state index in [-0.39, 0.29) is 6.61 Å². The highest BCUT2D eigenvalue weighted by molar-refractivity contribution is 8.07. The molecular weight excluding hydrogens is 248 g/mol. The lowest BCUT2D eigenvalue weighted by Crippen LogP contribution is -2.35. The first-order chi connectivity index (χ1) is 7.56. The summed E-state index contributed by atoms with van der Waals surface area (Å²) in [4.78, 5) is 21.6. The Bertz CT molecular complexity index is 285. The minimum atomic E-state index is -0.618. The van der Waals surface area contributed by atoms with Gasteiger partial charge in [-0.15, -0.1) is 11.8 Å². The van der Waals surface area contributed by atoms with E-state index in [4.69, 9.17) is 4.74 Å². The largest absolute Gasteiger partial charge is 0.451 e. The van der Waals surface area contributed by atoms with Gasteiger partial charge in [-0.3, -0.25) is 0 Å². The van der Waals surface area contributed by atoms with Gasteiger partial charge in [0.2, 0.25) is 0 Å². The number of hydrogen-bond donors (Lipinski definition) is 0. The first-order valence-electron chi connectivity index (χ1n) is 4.78. The van der Waals surface area contributed by atoms with Crippen LogP contribution in [0.2, 0.25) is 0 Å². The standard InChI is InChI=1S/C10H14O4S2/c1-3-8(11)13-6-9(12)14-10(2)7-15-4-5-16-10/h3H,1,4-7H2,2H3. The van der Waals surface area contributed by atoms with E-state index in [2.05, 4.69) is 11.3 Å². The summed E-state index contributed by atoms with van der Waals surface area (Å²) in [7, 11) is 0. The first-order valence-corrected chi connectivity index (χ1v) is 6.92. The summed E-state index contributed by atoms with van der Waals surface area (Å²) in [6, 6.07) is 0. The molecule has 1 aliphatic heterocycles. The molecule has 6 heteroatoms. The van der Waals surface area contributed by atoms with E-state index in [0.29, 0.717) is 0 Å². The third-order valence-corrected chi connectivity index (χ3v) is 4.76. The molecule has 1 aliphatic rings. The minimum Gasteiger partial charge on any atom is -0.451 e. The van der Waals surface area contributed by atoms with Crippen molar-refractivity contribution >= 4 is 35.5 Å². The van der Waals surface area contributed by atoms with Gasteiger partial charge in [-0.25, -0.2) is 9.59 Å². The highest BCUT2D eigenvalue weighted by Crippen LogP contribution is 2.35. The van der Waals surface area contributed by atoms with Gasteiger partial charge in [0.1, 0.15) is 0 Å². The monoisotopic (exact) mass is 262 g/mol. The number of rotatable bonds is 4. The van der Waals surface area contributed by atoms with Crippen molar-refractivity contribution in [3.63, 3.8) is 0 Å².